The molecule has 2 aliphatic heterocycles. The molecule has 0 radical (unpaired) electrons. The highest BCUT2D eigenvalue weighted by Gasteiger charge is 2.38. The molecule has 1 aromatic carbocycles. The maximum Gasteiger partial charge on any atom is 0.253 e. The average Bonchev–Trinajstić information content (AvgIpc) is 2.75. The number of rotatable bonds is 2. The maximum absolute atomic E-state index is 13.1. The molecule has 2 fully saturated rings. The number of likely N-dealkylation sites (tertiary alicyclic amines) is 1. The zero-order chi connectivity index (χ0) is 19.1. The highest BCUT2D eigenvalue weighted by Crippen LogP contribution is 2.42. The maximum atomic E-state index is 13.1. The van der Waals surface area contributed by atoms with Crippen LogP contribution in [0.1, 0.15) is 72.0 Å². The fourth-order valence-corrected chi connectivity index (χ4v) is 5.74. The smallest absolute Gasteiger partial charge is 0.253 e. The molecular weight excluding hydrogens is 348 g/mol. The lowest BCUT2D eigenvalue weighted by Crippen LogP contribution is -2.49. The Morgan fingerprint density at radius 1 is 0.857 bits per heavy atom. The van der Waals surface area contributed by atoms with Crippen molar-refractivity contribution in [2.45, 2.75) is 56.9 Å². The summed E-state index contributed by atoms with van der Waals surface area (Å²) in [6.07, 6.45) is 7.46. The summed E-state index contributed by atoms with van der Waals surface area (Å²) in [7, 11) is 0. The highest BCUT2D eigenvalue weighted by molar-refractivity contribution is 5.94. The van der Waals surface area contributed by atoms with Gasteiger partial charge in [-0.05, 0) is 48.8 Å². The van der Waals surface area contributed by atoms with Gasteiger partial charge in [0.2, 0.25) is 0 Å². The molecule has 5 rings (SSSR count). The van der Waals surface area contributed by atoms with Gasteiger partial charge in [0.1, 0.15) is 0 Å². The Balaban J connectivity index is 1.49. The van der Waals surface area contributed by atoms with Gasteiger partial charge in [0.25, 0.3) is 11.5 Å². The van der Waals surface area contributed by atoms with E-state index in [0.29, 0.717) is 11.8 Å². The van der Waals surface area contributed by atoms with Crippen molar-refractivity contribution in [3.05, 3.63) is 69.6 Å². The van der Waals surface area contributed by atoms with Gasteiger partial charge in [0, 0.05) is 42.9 Å². The largest absolute Gasteiger partial charge is 0.338 e. The summed E-state index contributed by atoms with van der Waals surface area (Å²) in [5.74, 6) is 1.36. The fourth-order valence-electron chi connectivity index (χ4n) is 5.74. The third-order valence-corrected chi connectivity index (χ3v) is 6.98. The number of nitrogens with zero attached hydrogens (tertiary/aromatic N) is 2. The Kier molecular flexibility index (Phi) is 4.58. The predicted octanol–water partition coefficient (Wildman–Crippen LogP) is 4.16. The molecule has 1 saturated heterocycles. The molecule has 1 saturated carbocycles. The lowest BCUT2D eigenvalue weighted by atomic mass is 9.76. The van der Waals surface area contributed by atoms with Crippen LogP contribution in [0, 0.1) is 5.92 Å². The minimum Gasteiger partial charge on any atom is -0.338 e. The first-order valence-electron chi connectivity index (χ1n) is 10.8. The number of benzene rings is 1. The molecule has 2 atom stereocenters. The molecule has 1 amide bonds. The van der Waals surface area contributed by atoms with Crippen LogP contribution < -0.4 is 5.56 Å². The molecule has 4 nitrogen and oxygen atoms in total. The van der Waals surface area contributed by atoms with E-state index in [1.807, 2.05) is 39.8 Å². The van der Waals surface area contributed by atoms with Crippen molar-refractivity contribution in [3.63, 3.8) is 0 Å². The van der Waals surface area contributed by atoms with Crippen molar-refractivity contribution in [1.82, 2.24) is 9.47 Å². The lowest BCUT2D eigenvalue weighted by Gasteiger charge is -2.44. The summed E-state index contributed by atoms with van der Waals surface area (Å²) in [6.45, 7) is 2.24. The number of amides is 1. The Hall–Kier alpha value is -2.36. The molecule has 1 aromatic heterocycles. The van der Waals surface area contributed by atoms with E-state index in [2.05, 4.69) is 6.07 Å². The Bertz CT molecular complexity index is 927. The third-order valence-electron chi connectivity index (χ3n) is 6.98. The monoisotopic (exact) mass is 376 g/mol. The van der Waals surface area contributed by atoms with Gasteiger partial charge in [-0.15, -0.1) is 0 Å². The molecule has 0 spiro atoms. The highest BCUT2D eigenvalue weighted by atomic mass is 16.2. The minimum atomic E-state index is 0.126. The lowest BCUT2D eigenvalue weighted by molar-refractivity contribution is 0.0592. The summed E-state index contributed by atoms with van der Waals surface area (Å²) in [5.41, 5.74) is 3.52. The number of fused-ring (bicyclic) bond motifs is 4. The zero-order valence-corrected chi connectivity index (χ0v) is 16.3. The first-order chi connectivity index (χ1) is 13.7. The standard InChI is InChI=1S/C24H28N2O2/c27-22-12-11-21(18-7-3-1-4-8-18)23-20-13-17(15-26(22)23)14-25(16-20)24(28)19-9-5-2-6-10-19/h2,5-6,9-12,17-18,20H,1,3-4,7-8,13-16H2/t17-,20-/m1/s1. The van der Waals surface area contributed by atoms with Gasteiger partial charge < -0.3 is 9.47 Å². The molecule has 28 heavy (non-hydrogen) atoms. The third kappa shape index (κ3) is 3.09. The first-order valence-corrected chi connectivity index (χ1v) is 10.8. The van der Waals surface area contributed by atoms with Gasteiger partial charge in [0.15, 0.2) is 0 Å². The van der Waals surface area contributed by atoms with Crippen LogP contribution in [0.4, 0.5) is 0 Å². The van der Waals surface area contributed by atoms with Crippen LogP contribution in [0.5, 0.6) is 0 Å². The summed E-state index contributed by atoms with van der Waals surface area (Å²) in [4.78, 5) is 27.7. The molecule has 2 aromatic rings. The second kappa shape index (κ2) is 7.23. The molecular formula is C24H28N2O2. The predicted molar refractivity (Wildman–Crippen MR) is 110 cm³/mol. The van der Waals surface area contributed by atoms with Gasteiger partial charge in [-0.2, -0.15) is 0 Å². The summed E-state index contributed by atoms with van der Waals surface area (Å²) in [6, 6.07) is 13.5. The van der Waals surface area contributed by atoms with Crippen molar-refractivity contribution in [2.24, 2.45) is 5.92 Å². The van der Waals surface area contributed by atoms with Crippen LogP contribution in [0.25, 0.3) is 0 Å². The van der Waals surface area contributed by atoms with Crippen molar-refractivity contribution in [2.75, 3.05) is 13.1 Å². The quantitative estimate of drug-likeness (QED) is 0.790. The first kappa shape index (κ1) is 17.7. The second-order valence-electron chi connectivity index (χ2n) is 8.83. The zero-order valence-electron chi connectivity index (χ0n) is 16.3. The number of aromatic nitrogens is 1. The van der Waals surface area contributed by atoms with Gasteiger partial charge in [-0.3, -0.25) is 9.59 Å². The van der Waals surface area contributed by atoms with Crippen LogP contribution in [0.2, 0.25) is 0 Å². The molecule has 4 heteroatoms. The van der Waals surface area contributed by atoms with Crippen LogP contribution in [-0.2, 0) is 6.54 Å². The van der Waals surface area contributed by atoms with Crippen LogP contribution >= 0.6 is 0 Å². The Morgan fingerprint density at radius 2 is 1.64 bits per heavy atom. The molecule has 146 valence electrons. The number of carbonyl (C=O) groups excluding carboxylic acids is 1. The van der Waals surface area contributed by atoms with E-state index in [9.17, 15) is 9.59 Å². The van der Waals surface area contributed by atoms with E-state index >= 15 is 0 Å². The van der Waals surface area contributed by atoms with E-state index in [-0.39, 0.29) is 17.4 Å². The van der Waals surface area contributed by atoms with Gasteiger partial charge in [-0.25, -0.2) is 0 Å². The Morgan fingerprint density at radius 3 is 2.43 bits per heavy atom. The number of hydrogen-bond donors (Lipinski definition) is 0. The van der Waals surface area contributed by atoms with Crippen molar-refractivity contribution in [3.8, 4) is 0 Å². The fraction of sp³-hybridized carbons (Fsp3) is 0.500. The van der Waals surface area contributed by atoms with Crippen LogP contribution in [0.3, 0.4) is 0 Å². The summed E-state index contributed by atoms with van der Waals surface area (Å²) < 4.78 is 2.05. The van der Waals surface area contributed by atoms with E-state index in [4.69, 9.17) is 0 Å². The van der Waals surface area contributed by atoms with Crippen molar-refractivity contribution >= 4 is 5.91 Å². The van der Waals surface area contributed by atoms with E-state index in [1.54, 1.807) is 6.07 Å². The summed E-state index contributed by atoms with van der Waals surface area (Å²) in [5, 5.41) is 0. The number of pyridine rings is 1. The normalized spacial score (nSPS) is 24.6. The molecule has 0 unspecified atom stereocenters. The van der Waals surface area contributed by atoms with Gasteiger partial charge in [0.05, 0.1) is 0 Å². The topological polar surface area (TPSA) is 42.3 Å². The molecule has 3 aliphatic rings. The minimum absolute atomic E-state index is 0.126. The molecule has 3 heterocycles. The van der Waals surface area contributed by atoms with E-state index < -0.39 is 0 Å². The van der Waals surface area contributed by atoms with E-state index in [1.165, 1.54) is 43.4 Å². The van der Waals surface area contributed by atoms with Crippen molar-refractivity contribution in [1.29, 1.82) is 0 Å². The molecule has 0 N–H and O–H groups in total. The average molecular weight is 377 g/mol. The summed E-state index contributed by atoms with van der Waals surface area (Å²) >= 11 is 0. The number of piperidine rings is 1. The van der Waals surface area contributed by atoms with Gasteiger partial charge in [-0.1, -0.05) is 43.5 Å². The SMILES string of the molecule is O=C(c1ccccc1)N1C[C@H]2C[C@H](C1)c1c(C3CCCCC3)ccc(=O)n1C2. The van der Waals surface area contributed by atoms with Gasteiger partial charge >= 0.3 is 0 Å². The second-order valence-corrected chi connectivity index (χ2v) is 8.83. The molecule has 1 aliphatic carbocycles. The molecule has 2 bridgehead atoms. The van der Waals surface area contributed by atoms with Crippen LogP contribution in [0.15, 0.2) is 47.3 Å². The number of carbonyl (C=O) groups is 1. The van der Waals surface area contributed by atoms with Crippen LogP contribution in [-0.4, -0.2) is 28.5 Å². The Labute approximate surface area is 166 Å². The van der Waals surface area contributed by atoms with E-state index in [0.717, 1.165) is 31.6 Å². The van der Waals surface area contributed by atoms with Crippen molar-refractivity contribution < 1.29 is 4.79 Å². The number of hydrogen-bond acceptors (Lipinski definition) is 2.